The van der Waals surface area contributed by atoms with Crippen LogP contribution in [0.25, 0.3) is 0 Å². The molecular weight excluding hydrogens is 347 g/mol. The summed E-state index contributed by atoms with van der Waals surface area (Å²) in [4.78, 5) is 18.3. The molecule has 3 N–H and O–H groups in total. The lowest BCUT2D eigenvalue weighted by atomic mass is 10.2. The monoisotopic (exact) mass is 370 g/mol. The minimum absolute atomic E-state index is 0. The molecule has 0 aromatic carbocycles. The minimum Gasteiger partial charge on any atom is -0.373 e. The summed E-state index contributed by atoms with van der Waals surface area (Å²) in [7, 11) is 0. The average Bonchev–Trinajstić information content (AvgIpc) is 2.74. The van der Waals surface area contributed by atoms with E-state index in [2.05, 4.69) is 29.0 Å². The predicted molar refractivity (Wildman–Crippen MR) is 94.2 cm³/mol. The first-order valence-electron chi connectivity index (χ1n) is 6.82. The van der Waals surface area contributed by atoms with Crippen molar-refractivity contribution in [3.63, 3.8) is 0 Å². The lowest BCUT2D eigenvalue weighted by Crippen LogP contribution is -2.44. The van der Waals surface area contributed by atoms with E-state index in [1.54, 1.807) is 6.92 Å². The Kier molecular flexibility index (Phi) is 9.45. The van der Waals surface area contributed by atoms with E-state index in [1.807, 2.05) is 5.38 Å². The van der Waals surface area contributed by atoms with Crippen molar-refractivity contribution in [2.75, 3.05) is 18.4 Å². The molecule has 2 rings (SSSR count). The maximum atomic E-state index is 11.5. The Morgan fingerprint density at radius 1 is 1.50 bits per heavy atom. The molecule has 128 valence electrons. The van der Waals surface area contributed by atoms with E-state index in [0.29, 0.717) is 5.13 Å². The van der Waals surface area contributed by atoms with Gasteiger partial charge in [0.2, 0.25) is 5.91 Å². The van der Waals surface area contributed by atoms with Gasteiger partial charge in [0.25, 0.3) is 0 Å². The van der Waals surface area contributed by atoms with Crippen molar-refractivity contribution < 1.29 is 9.53 Å². The number of morpholine rings is 1. The van der Waals surface area contributed by atoms with E-state index in [1.165, 1.54) is 11.3 Å². The van der Waals surface area contributed by atoms with Gasteiger partial charge in [0.15, 0.2) is 5.13 Å². The molecule has 1 fully saturated rings. The number of aromatic nitrogens is 1. The molecule has 0 spiro atoms. The largest absolute Gasteiger partial charge is 0.373 e. The van der Waals surface area contributed by atoms with Crippen molar-refractivity contribution in [3.05, 3.63) is 11.1 Å². The molecule has 6 nitrogen and oxygen atoms in total. The van der Waals surface area contributed by atoms with Crippen molar-refractivity contribution in [1.29, 1.82) is 0 Å². The molecule has 22 heavy (non-hydrogen) atoms. The third-order valence-electron chi connectivity index (χ3n) is 3.08. The Bertz CT molecular complexity index is 463. The quantitative estimate of drug-likeness (QED) is 0.845. The van der Waals surface area contributed by atoms with Crippen molar-refractivity contribution in [1.82, 2.24) is 9.88 Å². The highest BCUT2D eigenvalue weighted by atomic mass is 35.5. The van der Waals surface area contributed by atoms with Gasteiger partial charge in [-0.15, -0.1) is 36.2 Å². The Morgan fingerprint density at radius 2 is 2.09 bits per heavy atom. The fourth-order valence-electron chi connectivity index (χ4n) is 2.30. The number of nitrogens with one attached hydrogen (secondary N) is 1. The zero-order valence-electron chi connectivity index (χ0n) is 12.9. The number of hydrogen-bond donors (Lipinski definition) is 2. The number of carbonyl (C=O) groups excluding carboxylic acids is 1. The molecule has 1 saturated heterocycles. The van der Waals surface area contributed by atoms with E-state index in [9.17, 15) is 4.79 Å². The van der Waals surface area contributed by atoms with Crippen LogP contribution in [0.2, 0.25) is 0 Å². The number of nitrogens with zero attached hydrogens (tertiary/aromatic N) is 2. The molecular formula is C13H24Cl2N4O2S. The van der Waals surface area contributed by atoms with Crippen LogP contribution in [0.5, 0.6) is 0 Å². The molecule has 2 unspecified atom stereocenters. The predicted octanol–water partition coefficient (Wildman–Crippen LogP) is 1.88. The zero-order chi connectivity index (χ0) is 14.7. The molecule has 0 bridgehead atoms. The Hall–Kier alpha value is -0.440. The summed E-state index contributed by atoms with van der Waals surface area (Å²) in [5, 5.41) is 5.30. The van der Waals surface area contributed by atoms with Crippen LogP contribution in [0.1, 0.15) is 26.5 Å². The highest BCUT2D eigenvalue weighted by molar-refractivity contribution is 7.13. The average molecular weight is 371 g/mol. The second kappa shape index (κ2) is 9.64. The molecule has 0 radical (unpaired) electrons. The van der Waals surface area contributed by atoms with E-state index in [-0.39, 0.29) is 42.9 Å². The SMILES string of the molecule is CC1CN(Cc2csc(NC(=O)[C@H](C)N)n2)CC(C)O1.Cl.Cl. The summed E-state index contributed by atoms with van der Waals surface area (Å²) < 4.78 is 5.71. The van der Waals surface area contributed by atoms with Gasteiger partial charge in [-0.3, -0.25) is 9.69 Å². The molecule has 1 aromatic rings. The van der Waals surface area contributed by atoms with Crippen LogP contribution < -0.4 is 11.1 Å². The second-order valence-corrected chi connectivity index (χ2v) is 6.23. The summed E-state index contributed by atoms with van der Waals surface area (Å²) in [5.74, 6) is -0.209. The molecule has 3 atom stereocenters. The van der Waals surface area contributed by atoms with Gasteiger partial charge < -0.3 is 15.8 Å². The number of anilines is 1. The summed E-state index contributed by atoms with van der Waals surface area (Å²) in [6.07, 6.45) is 0.490. The van der Waals surface area contributed by atoms with E-state index >= 15 is 0 Å². The first-order chi connectivity index (χ1) is 9.44. The summed E-state index contributed by atoms with van der Waals surface area (Å²) in [5.41, 5.74) is 6.48. The third-order valence-corrected chi connectivity index (χ3v) is 3.88. The van der Waals surface area contributed by atoms with Gasteiger partial charge in [-0.05, 0) is 20.8 Å². The number of halogens is 2. The van der Waals surface area contributed by atoms with Crippen LogP contribution in [-0.4, -0.2) is 47.1 Å². The molecule has 0 saturated carbocycles. The fraction of sp³-hybridized carbons (Fsp3) is 0.692. The number of carbonyl (C=O) groups is 1. The topological polar surface area (TPSA) is 80.5 Å². The summed E-state index contributed by atoms with van der Waals surface area (Å²) in [6.45, 7) is 8.41. The van der Waals surface area contributed by atoms with Gasteiger partial charge in [0.1, 0.15) is 0 Å². The van der Waals surface area contributed by atoms with Crippen LogP contribution in [0, 0.1) is 0 Å². The number of ether oxygens (including phenoxy) is 1. The molecule has 9 heteroatoms. The number of amides is 1. The summed E-state index contributed by atoms with van der Waals surface area (Å²) in [6, 6.07) is -0.525. The van der Waals surface area contributed by atoms with E-state index < -0.39 is 6.04 Å². The first-order valence-corrected chi connectivity index (χ1v) is 7.70. The van der Waals surface area contributed by atoms with Crippen LogP contribution in [0.15, 0.2) is 5.38 Å². The molecule has 1 aromatic heterocycles. The summed E-state index contributed by atoms with van der Waals surface area (Å²) >= 11 is 1.43. The minimum atomic E-state index is -0.525. The van der Waals surface area contributed by atoms with Gasteiger partial charge in [-0.1, -0.05) is 0 Å². The smallest absolute Gasteiger partial charge is 0.242 e. The normalized spacial score (nSPS) is 23.1. The van der Waals surface area contributed by atoms with Crippen LogP contribution in [0.4, 0.5) is 5.13 Å². The van der Waals surface area contributed by atoms with Crippen molar-refractivity contribution in [2.45, 2.75) is 45.6 Å². The third kappa shape index (κ3) is 6.36. The van der Waals surface area contributed by atoms with Crippen molar-refractivity contribution in [2.24, 2.45) is 5.73 Å². The van der Waals surface area contributed by atoms with Crippen molar-refractivity contribution >= 4 is 47.2 Å². The molecule has 1 amide bonds. The molecule has 2 heterocycles. The second-order valence-electron chi connectivity index (χ2n) is 5.37. The maximum absolute atomic E-state index is 11.5. The van der Waals surface area contributed by atoms with Crippen LogP contribution in [0.3, 0.4) is 0 Å². The Labute approximate surface area is 147 Å². The number of thiazole rings is 1. The van der Waals surface area contributed by atoms with Gasteiger partial charge in [-0.25, -0.2) is 4.98 Å². The zero-order valence-corrected chi connectivity index (χ0v) is 15.4. The van der Waals surface area contributed by atoms with Crippen LogP contribution >= 0.6 is 36.2 Å². The molecule has 0 aliphatic carbocycles. The highest BCUT2D eigenvalue weighted by Gasteiger charge is 2.22. The maximum Gasteiger partial charge on any atom is 0.242 e. The highest BCUT2D eigenvalue weighted by Crippen LogP contribution is 2.19. The van der Waals surface area contributed by atoms with E-state index in [4.69, 9.17) is 10.5 Å². The molecule has 1 aliphatic rings. The standard InChI is InChI=1S/C13H22N4O2S.2ClH/c1-8-4-17(5-9(2)19-8)6-11-7-20-13(15-11)16-12(18)10(3)14;;/h7-10H,4-6,14H2,1-3H3,(H,15,16,18);2*1H/t8?,9?,10-;;/m0../s1. The first kappa shape index (κ1) is 21.6. The number of rotatable bonds is 4. The number of nitrogens with two attached hydrogens (primary N) is 1. The lowest BCUT2D eigenvalue weighted by Gasteiger charge is -2.34. The van der Waals surface area contributed by atoms with Gasteiger partial charge in [0, 0.05) is 25.0 Å². The van der Waals surface area contributed by atoms with E-state index in [0.717, 1.165) is 25.3 Å². The van der Waals surface area contributed by atoms with Crippen molar-refractivity contribution in [3.8, 4) is 0 Å². The fourth-order valence-corrected chi connectivity index (χ4v) is 3.00. The van der Waals surface area contributed by atoms with Gasteiger partial charge in [0.05, 0.1) is 23.9 Å². The molecule has 1 aliphatic heterocycles. The Balaban J connectivity index is 0.00000220. The van der Waals surface area contributed by atoms with Gasteiger partial charge >= 0.3 is 0 Å². The lowest BCUT2D eigenvalue weighted by molar-refractivity contribution is -0.117. The van der Waals surface area contributed by atoms with Gasteiger partial charge in [-0.2, -0.15) is 0 Å². The van der Waals surface area contributed by atoms with Crippen LogP contribution in [-0.2, 0) is 16.1 Å². The number of hydrogen-bond acceptors (Lipinski definition) is 6. The Morgan fingerprint density at radius 3 is 2.64 bits per heavy atom.